The molecule has 0 aliphatic heterocycles. The second-order valence-electron chi connectivity index (χ2n) is 6.83. The van der Waals surface area contributed by atoms with Gasteiger partial charge in [0.15, 0.2) is 6.10 Å². The van der Waals surface area contributed by atoms with Gasteiger partial charge < -0.3 is 19.4 Å². The van der Waals surface area contributed by atoms with Crippen LogP contribution in [0.2, 0.25) is 0 Å². The molecule has 0 heterocycles. The summed E-state index contributed by atoms with van der Waals surface area (Å²) in [6.07, 6.45) is 6.12. The summed E-state index contributed by atoms with van der Waals surface area (Å²) in [6.45, 7) is 0.442. The molecule has 0 saturated carbocycles. The minimum atomic E-state index is -0.984. The number of carbonyl (C=O) groups is 3. The number of likely N-dealkylation sites (N-methyl/N-ethyl adjacent to an activating group) is 1. The number of unbranched alkanes of at least 4 members (excludes halogenated alkanes) is 2. The third-order valence-electron chi connectivity index (χ3n) is 3.14. The van der Waals surface area contributed by atoms with Gasteiger partial charge in [-0.3, -0.25) is 14.4 Å². The SMILES string of the molecule is C[N+](C)(C)CC(CC(=O)O)OC(=O)CC/C=C/CCCCC(=O)O. The number of aliphatic carboxylic acids is 2. The molecular formula is C17H30NO6+. The van der Waals surface area contributed by atoms with E-state index in [1.807, 2.05) is 33.3 Å². The molecule has 0 amide bonds. The normalized spacial score (nSPS) is 13.0. The number of quaternary nitrogens is 1. The third-order valence-corrected chi connectivity index (χ3v) is 3.14. The zero-order valence-corrected chi connectivity index (χ0v) is 14.9. The molecule has 1 unspecified atom stereocenters. The molecule has 0 spiro atoms. The number of allylic oxidation sites excluding steroid dienone is 2. The first-order valence-electron chi connectivity index (χ1n) is 8.18. The van der Waals surface area contributed by atoms with Gasteiger partial charge in [0.05, 0.1) is 27.6 Å². The van der Waals surface area contributed by atoms with Crippen LogP contribution in [0.1, 0.15) is 44.9 Å². The first-order valence-corrected chi connectivity index (χ1v) is 8.18. The summed E-state index contributed by atoms with van der Waals surface area (Å²) >= 11 is 0. The topological polar surface area (TPSA) is 101 Å². The highest BCUT2D eigenvalue weighted by molar-refractivity contribution is 5.71. The average Bonchev–Trinajstić information content (AvgIpc) is 2.38. The van der Waals surface area contributed by atoms with Gasteiger partial charge in [-0.05, 0) is 25.7 Å². The van der Waals surface area contributed by atoms with E-state index >= 15 is 0 Å². The van der Waals surface area contributed by atoms with Crippen molar-refractivity contribution in [3.63, 3.8) is 0 Å². The van der Waals surface area contributed by atoms with Crippen molar-refractivity contribution >= 4 is 17.9 Å². The minimum absolute atomic E-state index is 0.178. The van der Waals surface area contributed by atoms with E-state index in [9.17, 15) is 14.4 Å². The second kappa shape index (κ2) is 11.6. The number of hydrogen-bond donors (Lipinski definition) is 2. The van der Waals surface area contributed by atoms with Crippen LogP contribution in [0.3, 0.4) is 0 Å². The van der Waals surface area contributed by atoms with Crippen LogP contribution in [0.25, 0.3) is 0 Å². The summed E-state index contributed by atoms with van der Waals surface area (Å²) in [5, 5.41) is 17.4. The Labute approximate surface area is 143 Å². The monoisotopic (exact) mass is 344 g/mol. The zero-order chi connectivity index (χ0) is 18.6. The Bertz CT molecular complexity index is 439. The van der Waals surface area contributed by atoms with Crippen LogP contribution in [0, 0.1) is 0 Å². The number of rotatable bonds is 13. The molecule has 0 saturated heterocycles. The van der Waals surface area contributed by atoms with Crippen molar-refractivity contribution in [1.82, 2.24) is 0 Å². The maximum Gasteiger partial charge on any atom is 0.307 e. The van der Waals surface area contributed by atoms with Crippen LogP contribution in [0.5, 0.6) is 0 Å². The van der Waals surface area contributed by atoms with E-state index < -0.39 is 24.0 Å². The maximum absolute atomic E-state index is 11.8. The Balaban J connectivity index is 4.03. The number of nitrogens with zero attached hydrogens (tertiary/aromatic N) is 1. The van der Waals surface area contributed by atoms with Crippen molar-refractivity contribution in [3.8, 4) is 0 Å². The van der Waals surface area contributed by atoms with Crippen LogP contribution in [0.4, 0.5) is 0 Å². The zero-order valence-electron chi connectivity index (χ0n) is 14.9. The summed E-state index contributed by atoms with van der Waals surface area (Å²) in [7, 11) is 5.74. The van der Waals surface area contributed by atoms with Crippen molar-refractivity contribution < 1.29 is 33.8 Å². The van der Waals surface area contributed by atoms with E-state index in [2.05, 4.69) is 0 Å². The van der Waals surface area contributed by atoms with Crippen LogP contribution in [-0.2, 0) is 19.1 Å². The molecule has 0 rings (SSSR count). The predicted octanol–water partition coefficient (Wildman–Crippen LogP) is 2.06. The molecule has 24 heavy (non-hydrogen) atoms. The van der Waals surface area contributed by atoms with Crippen molar-refractivity contribution in [2.45, 2.75) is 51.0 Å². The molecule has 0 aromatic heterocycles. The first-order chi connectivity index (χ1) is 11.1. The number of ether oxygens (including phenoxy) is 1. The van der Waals surface area contributed by atoms with Gasteiger partial charge in [0.25, 0.3) is 0 Å². The largest absolute Gasteiger partial charge is 0.481 e. The van der Waals surface area contributed by atoms with Crippen molar-refractivity contribution in [2.75, 3.05) is 27.7 Å². The van der Waals surface area contributed by atoms with Gasteiger partial charge in [-0.1, -0.05) is 12.2 Å². The van der Waals surface area contributed by atoms with Gasteiger partial charge in [-0.2, -0.15) is 0 Å². The summed E-state index contributed by atoms with van der Waals surface area (Å²) in [6, 6.07) is 0. The molecular weight excluding hydrogens is 314 g/mol. The van der Waals surface area contributed by atoms with E-state index in [-0.39, 0.29) is 19.3 Å². The minimum Gasteiger partial charge on any atom is -0.481 e. The molecule has 0 aliphatic rings. The molecule has 0 bridgehead atoms. The van der Waals surface area contributed by atoms with Crippen LogP contribution in [0.15, 0.2) is 12.2 Å². The molecule has 0 aromatic carbocycles. The summed E-state index contributed by atoms with van der Waals surface area (Å²) in [5.74, 6) is -2.17. The Kier molecular flexibility index (Phi) is 10.7. The summed E-state index contributed by atoms with van der Waals surface area (Å²) in [5.41, 5.74) is 0. The fourth-order valence-corrected chi connectivity index (χ4v) is 2.17. The average molecular weight is 344 g/mol. The highest BCUT2D eigenvalue weighted by Crippen LogP contribution is 2.08. The molecule has 1 atom stereocenters. The highest BCUT2D eigenvalue weighted by atomic mass is 16.5. The lowest BCUT2D eigenvalue weighted by Crippen LogP contribution is -2.43. The van der Waals surface area contributed by atoms with Crippen LogP contribution >= 0.6 is 0 Å². The van der Waals surface area contributed by atoms with Crippen molar-refractivity contribution in [3.05, 3.63) is 12.2 Å². The van der Waals surface area contributed by atoms with Gasteiger partial charge >= 0.3 is 17.9 Å². The number of carbonyl (C=O) groups excluding carboxylic acids is 1. The fraction of sp³-hybridized carbons (Fsp3) is 0.706. The van der Waals surface area contributed by atoms with Crippen LogP contribution in [-0.4, -0.2) is 66.4 Å². The van der Waals surface area contributed by atoms with Gasteiger partial charge in [-0.25, -0.2) is 0 Å². The fourth-order valence-electron chi connectivity index (χ4n) is 2.17. The third kappa shape index (κ3) is 15.0. The van der Waals surface area contributed by atoms with Gasteiger partial charge in [0, 0.05) is 12.8 Å². The van der Waals surface area contributed by atoms with E-state index in [1.54, 1.807) is 0 Å². The molecule has 0 aromatic rings. The second-order valence-corrected chi connectivity index (χ2v) is 6.83. The molecule has 0 fully saturated rings. The smallest absolute Gasteiger partial charge is 0.307 e. The Hall–Kier alpha value is -1.89. The number of esters is 1. The van der Waals surface area contributed by atoms with Crippen molar-refractivity contribution in [1.29, 1.82) is 0 Å². The Morgan fingerprint density at radius 3 is 2.12 bits per heavy atom. The quantitative estimate of drug-likeness (QED) is 0.229. The van der Waals surface area contributed by atoms with Gasteiger partial charge in [0.1, 0.15) is 6.54 Å². The first kappa shape index (κ1) is 22.1. The number of carboxylic acid groups (broad SMARTS) is 2. The van der Waals surface area contributed by atoms with E-state index in [4.69, 9.17) is 14.9 Å². The lowest BCUT2D eigenvalue weighted by Gasteiger charge is -2.28. The molecule has 7 nitrogen and oxygen atoms in total. The molecule has 0 aliphatic carbocycles. The Morgan fingerprint density at radius 1 is 0.958 bits per heavy atom. The van der Waals surface area contributed by atoms with Crippen LogP contribution < -0.4 is 0 Å². The standard InChI is InChI=1S/C17H29NO6/c1-18(2,3)13-14(12-16(21)22)24-17(23)11-9-7-5-4-6-8-10-15(19)20/h5,7,14H,4,6,8-13H2,1-3H3,(H-,19,20,21,22)/p+1/b7-5+. The maximum atomic E-state index is 11.8. The lowest BCUT2D eigenvalue weighted by molar-refractivity contribution is -0.873. The molecule has 2 N–H and O–H groups in total. The van der Waals surface area contributed by atoms with Gasteiger partial charge in [-0.15, -0.1) is 0 Å². The molecule has 7 heteroatoms. The van der Waals surface area contributed by atoms with Crippen molar-refractivity contribution in [2.24, 2.45) is 0 Å². The Morgan fingerprint density at radius 2 is 1.58 bits per heavy atom. The molecule has 0 radical (unpaired) electrons. The number of hydrogen-bond acceptors (Lipinski definition) is 4. The summed E-state index contributed by atoms with van der Waals surface area (Å²) in [4.78, 5) is 33.0. The molecule has 138 valence electrons. The van der Waals surface area contributed by atoms with E-state index in [1.165, 1.54) is 0 Å². The predicted molar refractivity (Wildman–Crippen MR) is 89.5 cm³/mol. The van der Waals surface area contributed by atoms with E-state index in [0.29, 0.717) is 23.9 Å². The van der Waals surface area contributed by atoms with E-state index in [0.717, 1.165) is 12.8 Å². The van der Waals surface area contributed by atoms with Gasteiger partial charge in [0.2, 0.25) is 0 Å². The highest BCUT2D eigenvalue weighted by Gasteiger charge is 2.24. The summed E-state index contributed by atoms with van der Waals surface area (Å²) < 4.78 is 5.79. The lowest BCUT2D eigenvalue weighted by atomic mass is 10.1. The number of carboxylic acids is 2.